The summed E-state index contributed by atoms with van der Waals surface area (Å²) in [6.07, 6.45) is 9.63. The van der Waals surface area contributed by atoms with Crippen LogP contribution < -0.4 is 5.32 Å². The topological polar surface area (TPSA) is 63.1 Å². The summed E-state index contributed by atoms with van der Waals surface area (Å²) in [5.74, 6) is 1.35. The summed E-state index contributed by atoms with van der Waals surface area (Å²) in [7, 11) is 4.12. The molecule has 1 amide bonds. The second kappa shape index (κ2) is 7.08. The number of piperidine rings is 2. The number of likely N-dealkylation sites (N-methyl/N-ethyl adjacent to an activating group) is 1. The Morgan fingerprint density at radius 1 is 1.26 bits per heavy atom. The van der Waals surface area contributed by atoms with E-state index >= 15 is 0 Å². The number of hydrogen-bond acceptors (Lipinski definition) is 4. The van der Waals surface area contributed by atoms with Gasteiger partial charge in [0.1, 0.15) is 17.0 Å². The monoisotopic (exact) mass is 407 g/mol. The number of carbonyl (C=O) groups excluding carboxylic acids is 1. The van der Waals surface area contributed by atoms with Crippen molar-refractivity contribution in [3.63, 3.8) is 0 Å². The summed E-state index contributed by atoms with van der Waals surface area (Å²) in [6.45, 7) is 1.05. The molecule has 27 heavy (non-hydrogen) atoms. The number of halogens is 2. The third kappa shape index (κ3) is 3.13. The summed E-state index contributed by atoms with van der Waals surface area (Å²) in [5, 5.41) is 3.53. The molecule has 2 saturated heterocycles. The molecule has 0 radical (unpaired) electrons. The number of nitrogens with zero attached hydrogens (tertiary/aromatic N) is 4. The molecule has 2 aromatic heterocycles. The first-order valence-electron chi connectivity index (χ1n) is 9.21. The molecule has 1 saturated carbocycles. The highest BCUT2D eigenvalue weighted by Gasteiger charge is 2.51. The van der Waals surface area contributed by atoms with Crippen LogP contribution >= 0.6 is 23.2 Å². The molecule has 0 aromatic carbocycles. The summed E-state index contributed by atoms with van der Waals surface area (Å²) in [5.41, 5.74) is 0.187. The maximum absolute atomic E-state index is 13.1. The number of aryl methyl sites for hydroxylation is 1. The number of imidazole rings is 1. The number of aromatic nitrogens is 3. The Morgan fingerprint density at radius 2 is 2.00 bits per heavy atom. The molecule has 6 nitrogen and oxygen atoms in total. The smallest absolute Gasteiger partial charge is 0.253 e. The highest BCUT2D eigenvalue weighted by molar-refractivity contribution is 6.43. The molecule has 1 aliphatic carbocycles. The van der Waals surface area contributed by atoms with Crippen molar-refractivity contribution < 1.29 is 4.79 Å². The second-order valence-corrected chi connectivity index (χ2v) is 8.43. The van der Waals surface area contributed by atoms with Gasteiger partial charge in [-0.2, -0.15) is 0 Å². The van der Waals surface area contributed by atoms with Crippen LogP contribution in [0.4, 0.5) is 0 Å². The van der Waals surface area contributed by atoms with Crippen molar-refractivity contribution in [3.8, 4) is 0 Å². The largest absolute Gasteiger partial charge is 0.340 e. The van der Waals surface area contributed by atoms with Gasteiger partial charge in [-0.25, -0.2) is 9.97 Å². The Kier molecular flexibility index (Phi) is 4.91. The minimum absolute atomic E-state index is 0.131. The average molecular weight is 408 g/mol. The fourth-order valence-electron chi connectivity index (χ4n) is 4.72. The van der Waals surface area contributed by atoms with E-state index in [9.17, 15) is 4.79 Å². The van der Waals surface area contributed by atoms with E-state index in [1.807, 2.05) is 17.8 Å². The normalized spacial score (nSPS) is 26.1. The van der Waals surface area contributed by atoms with E-state index in [1.165, 1.54) is 19.0 Å². The number of amides is 1. The molecule has 1 N–H and O–H groups in total. The molecule has 3 fully saturated rings. The van der Waals surface area contributed by atoms with Gasteiger partial charge in [-0.15, -0.1) is 0 Å². The van der Waals surface area contributed by atoms with Crippen molar-refractivity contribution in [3.05, 3.63) is 46.2 Å². The molecule has 8 heteroatoms. The summed E-state index contributed by atoms with van der Waals surface area (Å²) < 4.78 is 1.98. The zero-order chi connectivity index (χ0) is 19.2. The van der Waals surface area contributed by atoms with E-state index in [2.05, 4.69) is 27.2 Å². The van der Waals surface area contributed by atoms with E-state index in [-0.39, 0.29) is 27.7 Å². The van der Waals surface area contributed by atoms with Gasteiger partial charge in [-0.3, -0.25) is 9.69 Å². The number of rotatable bonds is 4. The molecule has 4 heterocycles. The Morgan fingerprint density at radius 3 is 2.63 bits per heavy atom. The summed E-state index contributed by atoms with van der Waals surface area (Å²) in [6, 6.07) is 1.36. The summed E-state index contributed by atoms with van der Waals surface area (Å²) >= 11 is 12.2. The van der Waals surface area contributed by atoms with Gasteiger partial charge in [0, 0.05) is 37.7 Å². The Labute approximate surface area is 168 Å². The van der Waals surface area contributed by atoms with E-state index < -0.39 is 0 Å². The number of fused-ring (bicyclic) bond motifs is 3. The van der Waals surface area contributed by atoms with Gasteiger partial charge < -0.3 is 9.88 Å². The lowest BCUT2D eigenvalue weighted by atomic mass is 9.67. The first kappa shape index (κ1) is 18.7. The lowest BCUT2D eigenvalue weighted by molar-refractivity contribution is -0.0427. The second-order valence-electron chi connectivity index (χ2n) is 7.69. The predicted octanol–water partition coefficient (Wildman–Crippen LogP) is 3.47. The van der Waals surface area contributed by atoms with Crippen LogP contribution in [0.1, 0.15) is 47.9 Å². The summed E-state index contributed by atoms with van der Waals surface area (Å²) in [4.78, 5) is 24.0. The van der Waals surface area contributed by atoms with Crippen LogP contribution in [0.25, 0.3) is 0 Å². The van der Waals surface area contributed by atoms with Crippen LogP contribution in [0.15, 0.2) is 24.7 Å². The molecule has 3 aliphatic rings. The molecule has 2 aromatic rings. The SMILES string of the molecule is CN1CC2CCC1(C(NC(=O)c1ccnc(Cl)c1Cl)c1nccn1C)CC2. The Hall–Kier alpha value is -1.63. The number of carbonyl (C=O) groups is 1. The van der Waals surface area contributed by atoms with Crippen molar-refractivity contribution in [1.29, 1.82) is 0 Å². The van der Waals surface area contributed by atoms with Crippen LogP contribution in [0.5, 0.6) is 0 Å². The van der Waals surface area contributed by atoms with Crippen LogP contribution in [-0.4, -0.2) is 44.5 Å². The van der Waals surface area contributed by atoms with Crippen molar-refractivity contribution in [2.45, 2.75) is 37.3 Å². The predicted molar refractivity (Wildman–Crippen MR) is 105 cm³/mol. The van der Waals surface area contributed by atoms with Gasteiger partial charge >= 0.3 is 0 Å². The van der Waals surface area contributed by atoms with Crippen molar-refractivity contribution >= 4 is 29.1 Å². The molecule has 1 atom stereocenters. The highest BCUT2D eigenvalue weighted by Crippen LogP contribution is 2.48. The number of hydrogen-bond donors (Lipinski definition) is 1. The van der Waals surface area contributed by atoms with Crippen LogP contribution in [0, 0.1) is 5.92 Å². The molecule has 1 unspecified atom stereocenters. The van der Waals surface area contributed by atoms with Crippen LogP contribution in [-0.2, 0) is 7.05 Å². The first-order valence-corrected chi connectivity index (χ1v) is 9.97. The van der Waals surface area contributed by atoms with Gasteiger partial charge in [0.05, 0.1) is 10.6 Å². The molecule has 2 bridgehead atoms. The van der Waals surface area contributed by atoms with E-state index in [4.69, 9.17) is 23.2 Å². The minimum atomic E-state index is -0.257. The Bertz CT molecular complexity index is 860. The molecule has 144 valence electrons. The van der Waals surface area contributed by atoms with Crippen LogP contribution in [0.3, 0.4) is 0 Å². The first-order chi connectivity index (χ1) is 12.9. The van der Waals surface area contributed by atoms with Gasteiger partial charge in [0.15, 0.2) is 0 Å². The van der Waals surface area contributed by atoms with Gasteiger partial charge in [-0.1, -0.05) is 23.2 Å². The molecule has 5 rings (SSSR count). The lowest BCUT2D eigenvalue weighted by Crippen LogP contribution is -2.63. The molecular formula is C19H23Cl2N5O. The van der Waals surface area contributed by atoms with Crippen molar-refractivity contribution in [1.82, 2.24) is 24.8 Å². The minimum Gasteiger partial charge on any atom is -0.340 e. The number of nitrogens with one attached hydrogen (secondary N) is 1. The molecular weight excluding hydrogens is 385 g/mol. The fraction of sp³-hybridized carbons (Fsp3) is 0.526. The van der Waals surface area contributed by atoms with Gasteiger partial charge in [0.2, 0.25) is 0 Å². The highest BCUT2D eigenvalue weighted by atomic mass is 35.5. The van der Waals surface area contributed by atoms with Crippen LogP contribution in [0.2, 0.25) is 10.2 Å². The van der Waals surface area contributed by atoms with Crippen molar-refractivity contribution in [2.75, 3.05) is 13.6 Å². The van der Waals surface area contributed by atoms with Gasteiger partial charge in [0.25, 0.3) is 5.91 Å². The maximum Gasteiger partial charge on any atom is 0.253 e. The van der Waals surface area contributed by atoms with E-state index in [0.717, 1.165) is 31.1 Å². The lowest BCUT2D eigenvalue weighted by Gasteiger charge is -2.56. The van der Waals surface area contributed by atoms with Crippen molar-refractivity contribution in [2.24, 2.45) is 13.0 Å². The zero-order valence-corrected chi connectivity index (χ0v) is 17.0. The standard InChI is InChI=1S/C19H23Cl2N5O/c1-25-10-9-23-17(25)15(19-6-3-12(4-7-19)11-26(19)2)24-18(27)13-5-8-22-16(21)14(13)20/h5,8-10,12,15H,3-4,6-7,11H2,1-2H3,(H,24,27). The van der Waals surface area contributed by atoms with E-state index in [0.29, 0.717) is 5.56 Å². The molecule has 2 aliphatic heterocycles. The van der Waals surface area contributed by atoms with E-state index in [1.54, 1.807) is 12.3 Å². The maximum atomic E-state index is 13.1. The average Bonchev–Trinajstić information content (AvgIpc) is 3.08. The third-order valence-corrected chi connectivity index (χ3v) is 7.05. The number of pyridine rings is 1. The quantitative estimate of drug-likeness (QED) is 0.787. The fourth-order valence-corrected chi connectivity index (χ4v) is 5.07. The van der Waals surface area contributed by atoms with Gasteiger partial charge in [-0.05, 0) is 44.7 Å². The molecule has 0 spiro atoms. The Balaban J connectivity index is 1.72. The zero-order valence-electron chi connectivity index (χ0n) is 15.5. The third-order valence-electron chi connectivity index (χ3n) is 6.28.